The van der Waals surface area contributed by atoms with Gasteiger partial charge in [0.15, 0.2) is 0 Å². The Morgan fingerprint density at radius 2 is 2.00 bits per heavy atom. The predicted octanol–water partition coefficient (Wildman–Crippen LogP) is 1.20. The minimum absolute atomic E-state index is 0.282. The fraction of sp³-hybridized carbons (Fsp3) is 1.00. The number of ether oxygens (including phenoxy) is 2. The Bertz CT molecular complexity index is 132. The maximum Gasteiger partial charge on any atom is 0.0700 e. The summed E-state index contributed by atoms with van der Waals surface area (Å²) in [6, 6.07) is 0. The first-order chi connectivity index (χ1) is 6.33. The number of aliphatic hydroxyl groups is 1. The Kier molecular flexibility index (Phi) is 4.70. The predicted molar refractivity (Wildman–Crippen MR) is 50.7 cm³/mol. The molecule has 3 nitrogen and oxygen atoms in total. The van der Waals surface area contributed by atoms with Gasteiger partial charge in [-0.3, -0.25) is 0 Å². The highest BCUT2D eigenvalue weighted by atomic mass is 16.5. The summed E-state index contributed by atoms with van der Waals surface area (Å²) in [4.78, 5) is 0. The molecule has 1 aliphatic rings. The van der Waals surface area contributed by atoms with Gasteiger partial charge >= 0.3 is 0 Å². The molecule has 0 atom stereocenters. The molecule has 0 radical (unpaired) electrons. The van der Waals surface area contributed by atoms with E-state index in [1.54, 1.807) is 7.11 Å². The van der Waals surface area contributed by atoms with Crippen LogP contribution in [0.1, 0.15) is 25.7 Å². The molecule has 0 bridgehead atoms. The summed E-state index contributed by atoms with van der Waals surface area (Å²) in [7, 11) is 1.67. The van der Waals surface area contributed by atoms with Crippen molar-refractivity contribution in [3.63, 3.8) is 0 Å². The number of hydrogen-bond acceptors (Lipinski definition) is 3. The zero-order valence-electron chi connectivity index (χ0n) is 8.42. The number of aliphatic hydroxyl groups excluding tert-OH is 1. The van der Waals surface area contributed by atoms with E-state index in [-0.39, 0.29) is 5.41 Å². The quantitative estimate of drug-likeness (QED) is 0.582. The lowest BCUT2D eigenvalue weighted by molar-refractivity contribution is 0.0647. The van der Waals surface area contributed by atoms with Gasteiger partial charge in [0.1, 0.15) is 0 Å². The van der Waals surface area contributed by atoms with E-state index in [2.05, 4.69) is 0 Å². The zero-order chi connectivity index (χ0) is 9.57. The van der Waals surface area contributed by atoms with Gasteiger partial charge in [-0.15, -0.1) is 0 Å². The van der Waals surface area contributed by atoms with Crippen molar-refractivity contribution in [2.75, 3.05) is 33.5 Å². The molecular weight excluding hydrogens is 168 g/mol. The average Bonchev–Trinajstić information content (AvgIpc) is 2.92. The van der Waals surface area contributed by atoms with E-state index in [9.17, 15) is 0 Å². The number of rotatable bonds is 8. The van der Waals surface area contributed by atoms with Crippen LogP contribution in [0.3, 0.4) is 0 Å². The van der Waals surface area contributed by atoms with Gasteiger partial charge in [0.2, 0.25) is 0 Å². The maximum atomic E-state index is 9.04. The number of hydrogen-bond donors (Lipinski definition) is 1. The van der Waals surface area contributed by atoms with Crippen molar-refractivity contribution >= 4 is 0 Å². The van der Waals surface area contributed by atoms with Crippen LogP contribution in [-0.2, 0) is 9.47 Å². The van der Waals surface area contributed by atoms with Gasteiger partial charge in [0.05, 0.1) is 13.2 Å². The monoisotopic (exact) mass is 188 g/mol. The molecule has 1 aliphatic carbocycles. The molecule has 0 spiro atoms. The van der Waals surface area contributed by atoms with Crippen LogP contribution >= 0.6 is 0 Å². The van der Waals surface area contributed by atoms with E-state index in [0.29, 0.717) is 19.8 Å². The SMILES string of the molecule is COCCOCCCC1(CO)CC1. The highest BCUT2D eigenvalue weighted by Gasteiger charge is 2.40. The van der Waals surface area contributed by atoms with E-state index in [4.69, 9.17) is 14.6 Å². The summed E-state index contributed by atoms with van der Waals surface area (Å²) in [5.74, 6) is 0. The molecular formula is C10H20O3. The second kappa shape index (κ2) is 5.58. The summed E-state index contributed by atoms with van der Waals surface area (Å²) >= 11 is 0. The molecule has 1 rings (SSSR count). The van der Waals surface area contributed by atoms with Crippen LogP contribution in [0.4, 0.5) is 0 Å². The van der Waals surface area contributed by atoms with Crippen molar-refractivity contribution in [3.05, 3.63) is 0 Å². The van der Waals surface area contributed by atoms with E-state index >= 15 is 0 Å². The Balaban J connectivity index is 1.84. The normalized spacial score (nSPS) is 18.9. The second-order valence-electron chi connectivity index (χ2n) is 3.87. The first kappa shape index (κ1) is 11.0. The Labute approximate surface area is 80.0 Å². The van der Waals surface area contributed by atoms with Crippen molar-refractivity contribution in [1.82, 2.24) is 0 Å². The molecule has 0 unspecified atom stereocenters. The average molecular weight is 188 g/mol. The topological polar surface area (TPSA) is 38.7 Å². The summed E-state index contributed by atoms with van der Waals surface area (Å²) in [5, 5.41) is 9.04. The second-order valence-corrected chi connectivity index (χ2v) is 3.87. The lowest BCUT2D eigenvalue weighted by Gasteiger charge is -2.10. The standard InChI is InChI=1S/C10H20O3/c1-12-7-8-13-6-2-3-10(9-11)4-5-10/h11H,2-9H2,1H3. The van der Waals surface area contributed by atoms with Crippen LogP contribution < -0.4 is 0 Å². The smallest absolute Gasteiger partial charge is 0.0700 e. The van der Waals surface area contributed by atoms with E-state index in [1.165, 1.54) is 12.8 Å². The molecule has 1 saturated carbocycles. The molecule has 0 aliphatic heterocycles. The molecule has 0 aromatic carbocycles. The molecule has 78 valence electrons. The molecule has 1 N–H and O–H groups in total. The minimum atomic E-state index is 0.282. The van der Waals surface area contributed by atoms with Gasteiger partial charge in [-0.2, -0.15) is 0 Å². The molecule has 3 heteroatoms. The van der Waals surface area contributed by atoms with Gasteiger partial charge in [-0.25, -0.2) is 0 Å². The molecule has 0 aromatic rings. The Morgan fingerprint density at radius 1 is 1.23 bits per heavy atom. The van der Waals surface area contributed by atoms with E-state index in [1.807, 2.05) is 0 Å². The number of methoxy groups -OCH3 is 1. The Morgan fingerprint density at radius 3 is 2.54 bits per heavy atom. The van der Waals surface area contributed by atoms with Gasteiger partial charge in [-0.05, 0) is 31.1 Å². The summed E-state index contributed by atoms with van der Waals surface area (Å²) in [6.07, 6.45) is 4.56. The third kappa shape index (κ3) is 4.07. The van der Waals surface area contributed by atoms with Gasteiger partial charge < -0.3 is 14.6 Å². The molecule has 0 heterocycles. The van der Waals surface area contributed by atoms with Crippen LogP contribution in [0.15, 0.2) is 0 Å². The minimum Gasteiger partial charge on any atom is -0.396 e. The van der Waals surface area contributed by atoms with Gasteiger partial charge in [0, 0.05) is 20.3 Å². The fourth-order valence-corrected chi connectivity index (χ4v) is 1.46. The highest BCUT2D eigenvalue weighted by Crippen LogP contribution is 2.48. The Hall–Kier alpha value is -0.120. The highest BCUT2D eigenvalue weighted by molar-refractivity contribution is 4.91. The van der Waals surface area contributed by atoms with Gasteiger partial charge in [0.25, 0.3) is 0 Å². The lowest BCUT2D eigenvalue weighted by Crippen LogP contribution is -2.09. The van der Waals surface area contributed by atoms with E-state index < -0.39 is 0 Å². The van der Waals surface area contributed by atoms with Crippen molar-refractivity contribution in [3.8, 4) is 0 Å². The third-order valence-corrected chi connectivity index (χ3v) is 2.72. The molecule has 0 saturated heterocycles. The zero-order valence-corrected chi connectivity index (χ0v) is 8.42. The van der Waals surface area contributed by atoms with E-state index in [0.717, 1.165) is 19.4 Å². The molecule has 0 amide bonds. The largest absolute Gasteiger partial charge is 0.396 e. The van der Waals surface area contributed by atoms with Crippen molar-refractivity contribution in [2.24, 2.45) is 5.41 Å². The van der Waals surface area contributed by atoms with Crippen LogP contribution in [0.5, 0.6) is 0 Å². The first-order valence-electron chi connectivity index (χ1n) is 5.00. The molecule has 13 heavy (non-hydrogen) atoms. The fourth-order valence-electron chi connectivity index (χ4n) is 1.46. The third-order valence-electron chi connectivity index (χ3n) is 2.72. The van der Waals surface area contributed by atoms with Crippen molar-refractivity contribution < 1.29 is 14.6 Å². The van der Waals surface area contributed by atoms with Crippen molar-refractivity contribution in [2.45, 2.75) is 25.7 Å². The summed E-state index contributed by atoms with van der Waals surface area (Å²) in [5.41, 5.74) is 0.282. The van der Waals surface area contributed by atoms with Crippen LogP contribution in [0.25, 0.3) is 0 Å². The molecule has 0 aromatic heterocycles. The van der Waals surface area contributed by atoms with Gasteiger partial charge in [-0.1, -0.05) is 0 Å². The van der Waals surface area contributed by atoms with Crippen LogP contribution in [0, 0.1) is 5.41 Å². The summed E-state index contributed by atoms with van der Waals surface area (Å²) in [6.45, 7) is 2.50. The van der Waals surface area contributed by atoms with Crippen LogP contribution in [-0.4, -0.2) is 38.6 Å². The lowest BCUT2D eigenvalue weighted by atomic mass is 10.0. The molecule has 1 fully saturated rings. The first-order valence-corrected chi connectivity index (χ1v) is 5.00. The van der Waals surface area contributed by atoms with Crippen molar-refractivity contribution in [1.29, 1.82) is 0 Å². The van der Waals surface area contributed by atoms with Crippen LogP contribution in [0.2, 0.25) is 0 Å². The summed E-state index contributed by atoms with van der Waals surface area (Å²) < 4.78 is 10.2. The maximum absolute atomic E-state index is 9.04.